The van der Waals surface area contributed by atoms with Crippen molar-refractivity contribution < 1.29 is 9.53 Å². The van der Waals surface area contributed by atoms with Gasteiger partial charge in [-0.2, -0.15) is 0 Å². The van der Waals surface area contributed by atoms with Crippen LogP contribution in [-0.4, -0.2) is 30.1 Å². The number of amides is 1. The zero-order chi connectivity index (χ0) is 15.8. The predicted molar refractivity (Wildman–Crippen MR) is 84.3 cm³/mol. The summed E-state index contributed by atoms with van der Waals surface area (Å²) in [6.45, 7) is 12.1. The molecule has 2 N–H and O–H groups in total. The normalized spacial score (nSPS) is 12.3. The van der Waals surface area contributed by atoms with E-state index in [1.165, 1.54) is 0 Å². The highest BCUT2D eigenvalue weighted by Gasteiger charge is 2.16. The molecule has 0 bridgehead atoms. The maximum absolute atomic E-state index is 11.8. The average Bonchev–Trinajstić information content (AvgIpc) is 2.41. The van der Waals surface area contributed by atoms with Gasteiger partial charge in [-0.25, -0.2) is 0 Å². The molecule has 118 valence electrons. The molecule has 1 heterocycles. The molecular weight excluding hydrogens is 266 g/mol. The molecule has 1 amide bonds. The summed E-state index contributed by atoms with van der Waals surface area (Å²) in [5.41, 5.74) is 1.78. The second-order valence-corrected chi connectivity index (χ2v) is 5.58. The molecule has 0 spiro atoms. The molecular formula is C16H27N3O2. The van der Waals surface area contributed by atoms with E-state index in [4.69, 9.17) is 4.74 Å². The fourth-order valence-corrected chi connectivity index (χ4v) is 1.87. The van der Waals surface area contributed by atoms with E-state index in [0.29, 0.717) is 24.8 Å². The Balaban J connectivity index is 2.74. The minimum atomic E-state index is -0.529. The number of carbonyl (C=O) groups is 1. The molecule has 0 aliphatic carbocycles. The van der Waals surface area contributed by atoms with Crippen LogP contribution < -0.4 is 15.4 Å². The van der Waals surface area contributed by atoms with Gasteiger partial charge in [-0.3, -0.25) is 9.78 Å². The van der Waals surface area contributed by atoms with Crippen molar-refractivity contribution in [2.75, 3.05) is 13.1 Å². The van der Waals surface area contributed by atoms with E-state index in [1.54, 1.807) is 6.92 Å². The third-order valence-electron chi connectivity index (χ3n) is 2.94. The predicted octanol–water partition coefficient (Wildman–Crippen LogP) is 2.04. The Morgan fingerprint density at radius 1 is 1.33 bits per heavy atom. The molecule has 1 atom stereocenters. The molecule has 0 fully saturated rings. The van der Waals surface area contributed by atoms with Gasteiger partial charge in [0.1, 0.15) is 5.75 Å². The molecule has 1 rings (SSSR count). The number of nitrogens with zero attached hydrogens (tertiary/aromatic N) is 1. The Bertz CT molecular complexity index is 461. The number of pyridine rings is 1. The molecule has 0 aromatic carbocycles. The first-order valence-electron chi connectivity index (χ1n) is 7.55. The van der Waals surface area contributed by atoms with Gasteiger partial charge in [0.2, 0.25) is 0 Å². The number of rotatable bonds is 8. The summed E-state index contributed by atoms with van der Waals surface area (Å²) >= 11 is 0. The molecule has 1 aromatic rings. The van der Waals surface area contributed by atoms with E-state index < -0.39 is 6.10 Å². The van der Waals surface area contributed by atoms with Crippen LogP contribution in [0.25, 0.3) is 0 Å². The lowest BCUT2D eigenvalue weighted by atomic mass is 10.2. The SMILES string of the molecule is CCNC(=O)C(C)Oc1ccc(C)nc1CNCC(C)C. The first kappa shape index (κ1) is 17.4. The highest BCUT2D eigenvalue weighted by Crippen LogP contribution is 2.18. The summed E-state index contributed by atoms with van der Waals surface area (Å²) in [6, 6.07) is 3.77. The number of likely N-dealkylation sites (N-methyl/N-ethyl adjacent to an activating group) is 1. The fourth-order valence-electron chi connectivity index (χ4n) is 1.87. The summed E-state index contributed by atoms with van der Waals surface area (Å²) in [6.07, 6.45) is -0.529. The van der Waals surface area contributed by atoms with Crippen LogP contribution in [0.5, 0.6) is 5.75 Å². The van der Waals surface area contributed by atoms with Crippen LogP contribution in [-0.2, 0) is 11.3 Å². The van der Waals surface area contributed by atoms with Crippen LogP contribution in [0, 0.1) is 12.8 Å². The smallest absolute Gasteiger partial charge is 0.260 e. The number of hydrogen-bond acceptors (Lipinski definition) is 4. The third kappa shape index (κ3) is 6.12. The van der Waals surface area contributed by atoms with Crippen LogP contribution in [0.2, 0.25) is 0 Å². The lowest BCUT2D eigenvalue weighted by Crippen LogP contribution is -2.36. The summed E-state index contributed by atoms with van der Waals surface area (Å²) in [5, 5.41) is 6.11. The van der Waals surface area contributed by atoms with Gasteiger partial charge in [-0.05, 0) is 45.4 Å². The Morgan fingerprint density at radius 3 is 2.67 bits per heavy atom. The largest absolute Gasteiger partial charge is 0.479 e. The zero-order valence-electron chi connectivity index (χ0n) is 13.7. The van der Waals surface area contributed by atoms with Crippen LogP contribution in [0.4, 0.5) is 0 Å². The topological polar surface area (TPSA) is 63.2 Å². The molecule has 0 saturated heterocycles. The molecule has 1 unspecified atom stereocenters. The van der Waals surface area contributed by atoms with Crippen molar-refractivity contribution in [3.63, 3.8) is 0 Å². The van der Waals surface area contributed by atoms with Crippen molar-refractivity contribution in [3.05, 3.63) is 23.5 Å². The van der Waals surface area contributed by atoms with Gasteiger partial charge in [0, 0.05) is 18.8 Å². The highest BCUT2D eigenvalue weighted by atomic mass is 16.5. The van der Waals surface area contributed by atoms with Crippen molar-refractivity contribution in [1.82, 2.24) is 15.6 Å². The molecule has 0 aliphatic rings. The van der Waals surface area contributed by atoms with Gasteiger partial charge in [0.05, 0.1) is 5.69 Å². The maximum Gasteiger partial charge on any atom is 0.260 e. The van der Waals surface area contributed by atoms with Gasteiger partial charge in [-0.1, -0.05) is 13.8 Å². The van der Waals surface area contributed by atoms with E-state index >= 15 is 0 Å². The maximum atomic E-state index is 11.8. The number of carbonyl (C=O) groups excluding carboxylic acids is 1. The average molecular weight is 293 g/mol. The van der Waals surface area contributed by atoms with Gasteiger partial charge in [0.15, 0.2) is 6.10 Å². The molecule has 21 heavy (non-hydrogen) atoms. The number of aryl methyl sites for hydroxylation is 1. The quantitative estimate of drug-likeness (QED) is 0.770. The van der Waals surface area contributed by atoms with Crippen molar-refractivity contribution >= 4 is 5.91 Å². The van der Waals surface area contributed by atoms with E-state index in [9.17, 15) is 4.79 Å². The van der Waals surface area contributed by atoms with Crippen molar-refractivity contribution in [1.29, 1.82) is 0 Å². The Kier molecular flexibility index (Phi) is 7.15. The van der Waals surface area contributed by atoms with Crippen molar-refractivity contribution in [3.8, 4) is 5.75 Å². The fraction of sp³-hybridized carbons (Fsp3) is 0.625. The minimum absolute atomic E-state index is 0.112. The van der Waals surface area contributed by atoms with Crippen molar-refractivity contribution in [2.24, 2.45) is 5.92 Å². The number of hydrogen-bond donors (Lipinski definition) is 2. The molecule has 5 heteroatoms. The molecule has 5 nitrogen and oxygen atoms in total. The standard InChI is InChI=1S/C16H27N3O2/c1-6-18-16(20)13(5)21-15-8-7-12(4)19-14(15)10-17-9-11(2)3/h7-8,11,13,17H,6,9-10H2,1-5H3,(H,18,20). The van der Waals surface area contributed by atoms with E-state index in [2.05, 4.69) is 29.5 Å². The molecule has 0 radical (unpaired) electrons. The lowest BCUT2D eigenvalue weighted by molar-refractivity contribution is -0.127. The highest BCUT2D eigenvalue weighted by molar-refractivity contribution is 5.80. The zero-order valence-corrected chi connectivity index (χ0v) is 13.7. The monoisotopic (exact) mass is 293 g/mol. The van der Waals surface area contributed by atoms with Crippen LogP contribution in [0.1, 0.15) is 39.1 Å². The second kappa shape index (κ2) is 8.62. The molecule has 0 saturated carbocycles. The Hall–Kier alpha value is -1.62. The lowest BCUT2D eigenvalue weighted by Gasteiger charge is -2.17. The first-order valence-corrected chi connectivity index (χ1v) is 7.55. The molecule has 0 aliphatic heterocycles. The van der Waals surface area contributed by atoms with Gasteiger partial charge in [-0.15, -0.1) is 0 Å². The van der Waals surface area contributed by atoms with E-state index in [1.807, 2.05) is 26.0 Å². The van der Waals surface area contributed by atoms with Crippen molar-refractivity contribution in [2.45, 2.75) is 47.3 Å². The summed E-state index contributed by atoms with van der Waals surface area (Å²) < 4.78 is 5.76. The summed E-state index contributed by atoms with van der Waals surface area (Å²) in [7, 11) is 0. The Labute approximate surface area is 127 Å². The number of aromatic nitrogens is 1. The van der Waals surface area contributed by atoms with E-state index in [-0.39, 0.29) is 5.91 Å². The number of nitrogens with one attached hydrogen (secondary N) is 2. The molecule has 1 aromatic heterocycles. The van der Waals surface area contributed by atoms with Crippen LogP contribution in [0.3, 0.4) is 0 Å². The van der Waals surface area contributed by atoms with E-state index in [0.717, 1.165) is 17.9 Å². The van der Waals surface area contributed by atoms with Crippen LogP contribution in [0.15, 0.2) is 12.1 Å². The van der Waals surface area contributed by atoms with Gasteiger partial charge < -0.3 is 15.4 Å². The summed E-state index contributed by atoms with van der Waals surface area (Å²) in [4.78, 5) is 16.3. The van der Waals surface area contributed by atoms with Gasteiger partial charge in [0.25, 0.3) is 5.91 Å². The minimum Gasteiger partial charge on any atom is -0.479 e. The van der Waals surface area contributed by atoms with Gasteiger partial charge >= 0.3 is 0 Å². The second-order valence-electron chi connectivity index (χ2n) is 5.58. The third-order valence-corrected chi connectivity index (χ3v) is 2.94. The Morgan fingerprint density at radius 2 is 2.05 bits per heavy atom. The summed E-state index contributed by atoms with van der Waals surface area (Å²) in [5.74, 6) is 1.13. The van der Waals surface area contributed by atoms with Crippen LogP contribution >= 0.6 is 0 Å². The first-order chi connectivity index (χ1) is 9.93. The number of ether oxygens (including phenoxy) is 1.